The first-order chi connectivity index (χ1) is 13.7. The number of benzene rings is 1. The summed E-state index contributed by atoms with van der Waals surface area (Å²) in [5.74, 6) is -0.132. The zero-order valence-electron chi connectivity index (χ0n) is 14.7. The van der Waals surface area contributed by atoms with Gasteiger partial charge in [0.1, 0.15) is 11.4 Å². The lowest BCUT2D eigenvalue weighted by Gasteiger charge is -2.11. The van der Waals surface area contributed by atoms with Crippen molar-refractivity contribution in [3.05, 3.63) is 95.2 Å². The molecule has 8 nitrogen and oxygen atoms in total. The average Bonchev–Trinajstić information content (AvgIpc) is 3.27. The monoisotopic (exact) mass is 372 g/mol. The Bertz CT molecular complexity index is 1150. The molecule has 3 aromatic heterocycles. The van der Waals surface area contributed by atoms with Crippen molar-refractivity contribution in [1.29, 1.82) is 0 Å². The van der Waals surface area contributed by atoms with Crippen molar-refractivity contribution < 1.29 is 4.79 Å². The highest BCUT2D eigenvalue weighted by Crippen LogP contribution is 2.14. The molecule has 1 aromatic carbocycles. The van der Waals surface area contributed by atoms with Crippen molar-refractivity contribution in [2.45, 2.75) is 6.54 Å². The highest BCUT2D eigenvalue weighted by atomic mass is 16.2. The fourth-order valence-corrected chi connectivity index (χ4v) is 2.79. The number of aromatic nitrogens is 5. The Labute approximate surface area is 160 Å². The minimum absolute atomic E-state index is 0.0484. The Hall–Kier alpha value is -4.07. The molecule has 0 aliphatic rings. The molecular formula is C20H16N6O2. The minimum atomic E-state index is -0.505. The topological polar surface area (TPSA) is 106 Å². The molecule has 0 radical (unpaired) electrons. The lowest BCUT2D eigenvalue weighted by molar-refractivity contribution is 0.0949. The Morgan fingerprint density at radius 2 is 1.96 bits per heavy atom. The summed E-state index contributed by atoms with van der Waals surface area (Å²) in [6, 6.07) is 11.2. The van der Waals surface area contributed by atoms with Gasteiger partial charge in [0.15, 0.2) is 0 Å². The predicted molar refractivity (Wildman–Crippen MR) is 103 cm³/mol. The van der Waals surface area contributed by atoms with Crippen molar-refractivity contribution >= 4 is 5.91 Å². The molecule has 0 saturated carbocycles. The highest BCUT2D eigenvalue weighted by molar-refractivity contribution is 5.93. The molecule has 0 atom stereocenters. The van der Waals surface area contributed by atoms with Gasteiger partial charge in [0.25, 0.3) is 11.5 Å². The van der Waals surface area contributed by atoms with Crippen molar-refractivity contribution in [1.82, 2.24) is 29.8 Å². The Kier molecular flexibility index (Phi) is 4.75. The molecule has 0 fully saturated rings. The van der Waals surface area contributed by atoms with E-state index >= 15 is 0 Å². The van der Waals surface area contributed by atoms with Crippen molar-refractivity contribution in [2.75, 3.05) is 0 Å². The van der Waals surface area contributed by atoms with Crippen LogP contribution >= 0.6 is 0 Å². The number of aromatic amines is 1. The van der Waals surface area contributed by atoms with Crippen LogP contribution < -0.4 is 10.9 Å². The van der Waals surface area contributed by atoms with E-state index in [9.17, 15) is 9.59 Å². The van der Waals surface area contributed by atoms with Gasteiger partial charge in [-0.2, -0.15) is 0 Å². The third-order valence-corrected chi connectivity index (χ3v) is 4.19. The summed E-state index contributed by atoms with van der Waals surface area (Å²) in [7, 11) is 0. The lowest BCUT2D eigenvalue weighted by Crippen LogP contribution is -2.30. The van der Waals surface area contributed by atoms with Crippen LogP contribution in [-0.2, 0) is 6.54 Å². The Balaban J connectivity index is 1.52. The van der Waals surface area contributed by atoms with Gasteiger partial charge in [0.05, 0.1) is 12.0 Å². The van der Waals surface area contributed by atoms with E-state index in [2.05, 4.69) is 25.3 Å². The number of para-hydroxylation sites is 1. The molecule has 3 heterocycles. The zero-order chi connectivity index (χ0) is 19.3. The van der Waals surface area contributed by atoms with Crippen LogP contribution in [0.5, 0.6) is 0 Å². The number of carbonyl (C=O) groups excluding carboxylic acids is 1. The van der Waals surface area contributed by atoms with E-state index in [0.29, 0.717) is 11.4 Å². The van der Waals surface area contributed by atoms with E-state index in [1.54, 1.807) is 37.1 Å². The smallest absolute Gasteiger partial charge is 0.264 e. The van der Waals surface area contributed by atoms with Crippen molar-refractivity contribution in [3.8, 4) is 17.1 Å². The second-order valence-corrected chi connectivity index (χ2v) is 6.00. The lowest BCUT2D eigenvalue weighted by atomic mass is 10.1. The van der Waals surface area contributed by atoms with Crippen LogP contribution in [0.15, 0.2) is 78.5 Å². The van der Waals surface area contributed by atoms with E-state index in [4.69, 9.17) is 0 Å². The highest BCUT2D eigenvalue weighted by Gasteiger charge is 2.13. The van der Waals surface area contributed by atoms with Gasteiger partial charge < -0.3 is 14.9 Å². The summed E-state index contributed by atoms with van der Waals surface area (Å²) in [4.78, 5) is 39.7. The number of H-pyrrole nitrogens is 1. The number of amides is 1. The molecule has 0 saturated heterocycles. The maximum Gasteiger partial charge on any atom is 0.264 e. The second kappa shape index (κ2) is 7.67. The summed E-state index contributed by atoms with van der Waals surface area (Å²) in [5.41, 5.74) is 1.91. The first-order valence-corrected chi connectivity index (χ1v) is 8.56. The molecule has 1 amide bonds. The van der Waals surface area contributed by atoms with Crippen LogP contribution in [0.1, 0.15) is 15.9 Å². The molecule has 4 rings (SSSR count). The third-order valence-electron chi connectivity index (χ3n) is 4.19. The molecule has 4 aromatic rings. The molecule has 8 heteroatoms. The second-order valence-electron chi connectivity index (χ2n) is 6.00. The standard InChI is InChI=1S/C20H16N6O2/c27-19(16-12-23-18(25-20(16)28)15-5-3-7-21-10-15)24-11-14-4-1-2-6-17(14)26-9-8-22-13-26/h1-10,12-13H,11H2,(H,24,27)(H,23,25,28). The maximum absolute atomic E-state index is 12.5. The number of imidazole rings is 1. The molecule has 138 valence electrons. The first-order valence-electron chi connectivity index (χ1n) is 8.56. The Morgan fingerprint density at radius 3 is 2.71 bits per heavy atom. The van der Waals surface area contributed by atoms with Crippen LogP contribution in [0.4, 0.5) is 0 Å². The van der Waals surface area contributed by atoms with E-state index < -0.39 is 11.5 Å². The quantitative estimate of drug-likeness (QED) is 0.557. The molecular weight excluding hydrogens is 356 g/mol. The van der Waals surface area contributed by atoms with Crippen LogP contribution in [0.25, 0.3) is 17.1 Å². The molecule has 2 N–H and O–H groups in total. The van der Waals surface area contributed by atoms with Gasteiger partial charge in [0.2, 0.25) is 0 Å². The van der Waals surface area contributed by atoms with Gasteiger partial charge >= 0.3 is 0 Å². The molecule has 0 aliphatic carbocycles. The first kappa shape index (κ1) is 17.3. The number of hydrogen-bond donors (Lipinski definition) is 2. The number of nitrogens with zero attached hydrogens (tertiary/aromatic N) is 4. The van der Waals surface area contributed by atoms with Crippen LogP contribution in [0, 0.1) is 0 Å². The summed E-state index contributed by atoms with van der Waals surface area (Å²) in [6.45, 7) is 0.261. The molecule has 28 heavy (non-hydrogen) atoms. The molecule has 0 aliphatic heterocycles. The molecule has 0 spiro atoms. The predicted octanol–water partition coefficient (Wildman–Crippen LogP) is 1.95. The van der Waals surface area contributed by atoms with E-state index in [1.165, 1.54) is 6.20 Å². The SMILES string of the molecule is O=C(NCc1ccccc1-n1ccnc1)c1cnc(-c2cccnc2)[nH]c1=O. The van der Waals surface area contributed by atoms with Gasteiger partial charge in [-0.25, -0.2) is 9.97 Å². The fourth-order valence-electron chi connectivity index (χ4n) is 2.79. The molecule has 0 bridgehead atoms. The minimum Gasteiger partial charge on any atom is -0.348 e. The van der Waals surface area contributed by atoms with Gasteiger partial charge in [-0.1, -0.05) is 18.2 Å². The number of rotatable bonds is 5. The average molecular weight is 372 g/mol. The van der Waals surface area contributed by atoms with Gasteiger partial charge in [0, 0.05) is 43.1 Å². The van der Waals surface area contributed by atoms with E-state index in [0.717, 1.165) is 11.3 Å². The fraction of sp³-hybridized carbons (Fsp3) is 0.0500. The van der Waals surface area contributed by atoms with Gasteiger partial charge in [-0.15, -0.1) is 0 Å². The van der Waals surface area contributed by atoms with Gasteiger partial charge in [-0.05, 0) is 23.8 Å². The third kappa shape index (κ3) is 3.56. The molecule has 0 unspecified atom stereocenters. The van der Waals surface area contributed by atoms with Crippen LogP contribution in [0.2, 0.25) is 0 Å². The summed E-state index contributed by atoms with van der Waals surface area (Å²) >= 11 is 0. The number of carbonyl (C=O) groups is 1. The number of pyridine rings is 1. The van der Waals surface area contributed by atoms with E-state index in [1.807, 2.05) is 35.0 Å². The Morgan fingerprint density at radius 1 is 1.07 bits per heavy atom. The van der Waals surface area contributed by atoms with E-state index in [-0.39, 0.29) is 12.1 Å². The number of nitrogens with one attached hydrogen (secondary N) is 2. The summed E-state index contributed by atoms with van der Waals surface area (Å²) in [6.07, 6.45) is 9.69. The van der Waals surface area contributed by atoms with Crippen molar-refractivity contribution in [3.63, 3.8) is 0 Å². The normalized spacial score (nSPS) is 10.6. The summed E-state index contributed by atoms with van der Waals surface area (Å²) in [5, 5.41) is 2.77. The van der Waals surface area contributed by atoms with Crippen molar-refractivity contribution in [2.24, 2.45) is 0 Å². The van der Waals surface area contributed by atoms with Gasteiger partial charge in [-0.3, -0.25) is 14.6 Å². The van der Waals surface area contributed by atoms with Crippen LogP contribution in [0.3, 0.4) is 0 Å². The maximum atomic E-state index is 12.5. The van der Waals surface area contributed by atoms with Crippen LogP contribution in [-0.4, -0.2) is 30.4 Å². The zero-order valence-corrected chi connectivity index (χ0v) is 14.7. The number of hydrogen-bond acceptors (Lipinski definition) is 5. The summed E-state index contributed by atoms with van der Waals surface area (Å²) < 4.78 is 1.86. The largest absolute Gasteiger partial charge is 0.348 e.